The van der Waals surface area contributed by atoms with Gasteiger partial charge in [0.1, 0.15) is 17.5 Å². The van der Waals surface area contributed by atoms with Gasteiger partial charge in [-0.25, -0.2) is 9.97 Å². The maximum Gasteiger partial charge on any atom is 0.136 e. The summed E-state index contributed by atoms with van der Waals surface area (Å²) in [5, 5.41) is 6.72. The van der Waals surface area contributed by atoms with Crippen LogP contribution in [0.5, 0.6) is 0 Å². The molecule has 0 bridgehead atoms. The van der Waals surface area contributed by atoms with Crippen LogP contribution in [0.4, 0.5) is 23.0 Å². The van der Waals surface area contributed by atoms with Crippen LogP contribution < -0.4 is 10.2 Å². The van der Waals surface area contributed by atoms with Crippen molar-refractivity contribution in [1.29, 1.82) is 0 Å². The van der Waals surface area contributed by atoms with Crippen molar-refractivity contribution in [2.75, 3.05) is 24.3 Å². The SMILES string of the molecule is Cc1nc(Nc2ccc(N=[N+]=[N-])cc2)cc(N(C)C)n1. The summed E-state index contributed by atoms with van der Waals surface area (Å²) in [5.41, 5.74) is 9.80. The Balaban J connectivity index is 2.23. The number of hydrogen-bond donors (Lipinski definition) is 1. The number of nitrogens with one attached hydrogen (secondary N) is 1. The summed E-state index contributed by atoms with van der Waals surface area (Å²) in [6.45, 7) is 1.85. The summed E-state index contributed by atoms with van der Waals surface area (Å²) in [6, 6.07) is 9.01. The van der Waals surface area contributed by atoms with E-state index in [1.54, 1.807) is 12.1 Å². The first-order chi connectivity index (χ1) is 9.58. The van der Waals surface area contributed by atoms with Gasteiger partial charge in [-0.1, -0.05) is 17.2 Å². The third kappa shape index (κ3) is 3.37. The van der Waals surface area contributed by atoms with Gasteiger partial charge < -0.3 is 10.2 Å². The molecule has 0 fully saturated rings. The highest BCUT2D eigenvalue weighted by atomic mass is 15.2. The Kier molecular flexibility index (Phi) is 4.02. The summed E-state index contributed by atoms with van der Waals surface area (Å²) >= 11 is 0. The normalized spacial score (nSPS) is 9.75. The Hall–Kier alpha value is -2.79. The van der Waals surface area contributed by atoms with Crippen molar-refractivity contribution in [1.82, 2.24) is 9.97 Å². The lowest BCUT2D eigenvalue weighted by Gasteiger charge is -2.14. The lowest BCUT2D eigenvalue weighted by molar-refractivity contribution is 0.991. The number of anilines is 3. The highest BCUT2D eigenvalue weighted by Gasteiger charge is 2.04. The van der Waals surface area contributed by atoms with Crippen LogP contribution in [0.15, 0.2) is 35.4 Å². The predicted molar refractivity (Wildman–Crippen MR) is 79.6 cm³/mol. The van der Waals surface area contributed by atoms with Gasteiger partial charge in [-0.15, -0.1) is 0 Å². The van der Waals surface area contributed by atoms with Crippen LogP contribution in [0.1, 0.15) is 5.82 Å². The number of rotatable bonds is 4. The summed E-state index contributed by atoms with van der Waals surface area (Å²) < 4.78 is 0. The van der Waals surface area contributed by atoms with Crippen LogP contribution in [0.2, 0.25) is 0 Å². The van der Waals surface area contributed by atoms with Gasteiger partial charge in [0, 0.05) is 36.4 Å². The van der Waals surface area contributed by atoms with Crippen LogP contribution in [0, 0.1) is 6.92 Å². The fourth-order valence-corrected chi connectivity index (χ4v) is 1.66. The van der Waals surface area contributed by atoms with Gasteiger partial charge in [-0.2, -0.15) is 0 Å². The molecule has 0 radical (unpaired) electrons. The van der Waals surface area contributed by atoms with Crippen LogP contribution in [-0.4, -0.2) is 24.1 Å². The molecule has 0 saturated carbocycles. The maximum atomic E-state index is 8.36. The number of hydrogen-bond acceptors (Lipinski definition) is 5. The zero-order valence-corrected chi connectivity index (χ0v) is 11.6. The second kappa shape index (κ2) is 5.90. The van der Waals surface area contributed by atoms with Crippen molar-refractivity contribution in [3.05, 3.63) is 46.6 Å². The van der Waals surface area contributed by atoms with Gasteiger partial charge in [-0.3, -0.25) is 0 Å². The van der Waals surface area contributed by atoms with Crippen molar-refractivity contribution in [3.8, 4) is 0 Å². The predicted octanol–water partition coefficient (Wildman–Crippen LogP) is 3.54. The van der Waals surface area contributed by atoms with Gasteiger partial charge in [0.2, 0.25) is 0 Å². The molecule has 2 aromatic rings. The van der Waals surface area contributed by atoms with Crippen molar-refractivity contribution in [2.24, 2.45) is 5.11 Å². The molecular weight excluding hydrogens is 254 g/mol. The first-order valence-electron chi connectivity index (χ1n) is 6.03. The number of benzene rings is 1. The number of azide groups is 1. The summed E-state index contributed by atoms with van der Waals surface area (Å²) in [4.78, 5) is 13.3. The monoisotopic (exact) mass is 269 g/mol. The molecule has 0 aliphatic carbocycles. The Morgan fingerprint density at radius 3 is 2.50 bits per heavy atom. The van der Waals surface area contributed by atoms with Gasteiger partial charge in [-0.05, 0) is 24.6 Å². The molecular formula is C13H15N7. The third-order valence-corrected chi connectivity index (χ3v) is 2.58. The van der Waals surface area contributed by atoms with Gasteiger partial charge in [0.15, 0.2) is 0 Å². The zero-order chi connectivity index (χ0) is 14.5. The molecule has 2 rings (SSSR count). The zero-order valence-electron chi connectivity index (χ0n) is 11.6. The first kappa shape index (κ1) is 13.6. The minimum atomic E-state index is 0.575. The van der Waals surface area contributed by atoms with E-state index in [0.29, 0.717) is 11.5 Å². The number of aryl methyl sites for hydroxylation is 1. The van der Waals surface area contributed by atoms with E-state index in [-0.39, 0.29) is 0 Å². The summed E-state index contributed by atoms with van der Waals surface area (Å²) in [5.74, 6) is 2.26. The average molecular weight is 269 g/mol. The lowest BCUT2D eigenvalue weighted by atomic mass is 10.3. The van der Waals surface area contributed by atoms with Crippen molar-refractivity contribution in [2.45, 2.75) is 6.92 Å². The quantitative estimate of drug-likeness (QED) is 0.522. The Morgan fingerprint density at radius 1 is 1.20 bits per heavy atom. The maximum absolute atomic E-state index is 8.36. The highest BCUT2D eigenvalue weighted by molar-refractivity contribution is 5.61. The van der Waals surface area contributed by atoms with E-state index in [9.17, 15) is 0 Å². The van der Waals surface area contributed by atoms with Crippen LogP contribution in [-0.2, 0) is 0 Å². The second-order valence-electron chi connectivity index (χ2n) is 4.41. The van der Waals surface area contributed by atoms with E-state index in [2.05, 4.69) is 25.3 Å². The molecule has 102 valence electrons. The second-order valence-corrected chi connectivity index (χ2v) is 4.41. The van der Waals surface area contributed by atoms with E-state index in [1.165, 1.54) is 0 Å². The molecule has 1 aromatic heterocycles. The van der Waals surface area contributed by atoms with Crippen molar-refractivity contribution >= 4 is 23.0 Å². The molecule has 0 unspecified atom stereocenters. The van der Waals surface area contributed by atoms with E-state index < -0.39 is 0 Å². The Morgan fingerprint density at radius 2 is 1.90 bits per heavy atom. The molecule has 0 aliphatic rings. The van der Waals surface area contributed by atoms with E-state index in [0.717, 1.165) is 17.3 Å². The molecule has 0 amide bonds. The minimum absolute atomic E-state index is 0.575. The molecule has 0 aliphatic heterocycles. The lowest BCUT2D eigenvalue weighted by Crippen LogP contribution is -2.12. The first-order valence-corrected chi connectivity index (χ1v) is 6.03. The standard InChI is InChI=1S/C13H15N7/c1-9-15-12(8-13(16-9)20(2)3)17-10-4-6-11(7-5-10)18-19-14/h4-8H,1-3H3,(H,15,16,17). The molecule has 1 heterocycles. The third-order valence-electron chi connectivity index (χ3n) is 2.58. The number of aromatic nitrogens is 2. The van der Waals surface area contributed by atoms with E-state index in [4.69, 9.17) is 5.53 Å². The Bertz CT molecular complexity index is 642. The summed E-state index contributed by atoms with van der Waals surface area (Å²) in [6.07, 6.45) is 0. The smallest absolute Gasteiger partial charge is 0.136 e. The van der Waals surface area contributed by atoms with Crippen LogP contribution in [0.25, 0.3) is 10.4 Å². The fourth-order valence-electron chi connectivity index (χ4n) is 1.66. The molecule has 20 heavy (non-hydrogen) atoms. The number of nitrogens with zero attached hydrogens (tertiary/aromatic N) is 6. The fraction of sp³-hybridized carbons (Fsp3) is 0.231. The van der Waals surface area contributed by atoms with Crippen LogP contribution >= 0.6 is 0 Å². The van der Waals surface area contributed by atoms with E-state index in [1.807, 2.05) is 44.1 Å². The summed E-state index contributed by atoms with van der Waals surface area (Å²) in [7, 11) is 3.86. The van der Waals surface area contributed by atoms with E-state index >= 15 is 0 Å². The largest absolute Gasteiger partial charge is 0.363 e. The molecule has 1 N–H and O–H groups in total. The van der Waals surface area contributed by atoms with Gasteiger partial charge >= 0.3 is 0 Å². The van der Waals surface area contributed by atoms with Gasteiger partial charge in [0.05, 0.1) is 0 Å². The molecule has 0 atom stereocenters. The van der Waals surface area contributed by atoms with Gasteiger partial charge in [0.25, 0.3) is 0 Å². The van der Waals surface area contributed by atoms with Crippen molar-refractivity contribution in [3.63, 3.8) is 0 Å². The molecule has 0 saturated heterocycles. The molecule has 0 spiro atoms. The minimum Gasteiger partial charge on any atom is -0.363 e. The Labute approximate surface area is 116 Å². The topological polar surface area (TPSA) is 89.8 Å². The molecule has 7 nitrogen and oxygen atoms in total. The van der Waals surface area contributed by atoms with Crippen LogP contribution in [0.3, 0.4) is 0 Å². The molecule has 7 heteroatoms. The average Bonchev–Trinajstić information content (AvgIpc) is 2.40. The van der Waals surface area contributed by atoms with Crippen molar-refractivity contribution < 1.29 is 0 Å². The molecule has 1 aromatic carbocycles. The highest BCUT2D eigenvalue weighted by Crippen LogP contribution is 2.21.